The second-order valence-electron chi connectivity index (χ2n) is 5.85. The highest BCUT2D eigenvalue weighted by molar-refractivity contribution is 6.35. The monoisotopic (exact) mass is 400 g/mol. The van der Waals surface area contributed by atoms with Gasteiger partial charge in [0.15, 0.2) is 6.04 Å². The molecule has 0 bridgehead atoms. The SMILES string of the molecule is C[C@@H]([NH2+][C@H](C)c1ccc(Cl)cc1Cl)C(=O)Nc1ccc(F)c([N+](=O)[O-])c1. The topological polar surface area (TPSA) is 88.8 Å². The van der Waals surface area contributed by atoms with Crippen LogP contribution in [0.25, 0.3) is 0 Å². The highest BCUT2D eigenvalue weighted by atomic mass is 35.5. The van der Waals surface area contributed by atoms with Crippen molar-refractivity contribution in [1.82, 2.24) is 0 Å². The van der Waals surface area contributed by atoms with Crippen LogP contribution >= 0.6 is 23.2 Å². The third-order valence-corrected chi connectivity index (χ3v) is 4.42. The van der Waals surface area contributed by atoms with E-state index < -0.39 is 22.5 Å². The lowest BCUT2D eigenvalue weighted by molar-refractivity contribution is -0.709. The van der Waals surface area contributed by atoms with Crippen LogP contribution < -0.4 is 10.6 Å². The molecule has 0 radical (unpaired) electrons. The lowest BCUT2D eigenvalue weighted by atomic mass is 10.1. The summed E-state index contributed by atoms with van der Waals surface area (Å²) < 4.78 is 13.4. The number of halogens is 3. The van der Waals surface area contributed by atoms with Crippen molar-refractivity contribution in [2.24, 2.45) is 0 Å². The Morgan fingerprint density at radius 1 is 1.23 bits per heavy atom. The van der Waals surface area contributed by atoms with Crippen LogP contribution in [0.4, 0.5) is 15.8 Å². The predicted molar refractivity (Wildman–Crippen MR) is 97.9 cm³/mol. The fourth-order valence-electron chi connectivity index (χ4n) is 2.48. The predicted octanol–water partition coefficient (Wildman–Crippen LogP) is 3.69. The summed E-state index contributed by atoms with van der Waals surface area (Å²) in [5.41, 5.74) is 0.286. The third kappa shape index (κ3) is 4.91. The number of benzene rings is 2. The van der Waals surface area contributed by atoms with E-state index in [1.807, 2.05) is 6.92 Å². The van der Waals surface area contributed by atoms with E-state index in [0.717, 1.165) is 17.7 Å². The van der Waals surface area contributed by atoms with Gasteiger partial charge >= 0.3 is 5.69 Å². The van der Waals surface area contributed by atoms with Crippen molar-refractivity contribution in [3.8, 4) is 0 Å². The average Bonchev–Trinajstić information content (AvgIpc) is 2.55. The maximum Gasteiger partial charge on any atom is 0.306 e. The molecule has 138 valence electrons. The van der Waals surface area contributed by atoms with Gasteiger partial charge in [0.05, 0.1) is 9.95 Å². The van der Waals surface area contributed by atoms with E-state index >= 15 is 0 Å². The van der Waals surface area contributed by atoms with Crippen molar-refractivity contribution in [3.63, 3.8) is 0 Å². The lowest BCUT2D eigenvalue weighted by Gasteiger charge is -2.18. The Hall–Kier alpha value is -2.22. The van der Waals surface area contributed by atoms with Crippen LogP contribution in [0.5, 0.6) is 0 Å². The van der Waals surface area contributed by atoms with E-state index in [9.17, 15) is 19.3 Å². The minimum absolute atomic E-state index is 0.122. The first-order valence-electron chi connectivity index (χ1n) is 7.73. The molecule has 0 saturated carbocycles. The molecule has 0 spiro atoms. The van der Waals surface area contributed by atoms with Crippen molar-refractivity contribution in [1.29, 1.82) is 0 Å². The van der Waals surface area contributed by atoms with Gasteiger partial charge in [0.1, 0.15) is 6.04 Å². The number of anilines is 1. The van der Waals surface area contributed by atoms with Crippen molar-refractivity contribution < 1.29 is 19.4 Å². The molecule has 0 saturated heterocycles. The molecule has 9 heteroatoms. The quantitative estimate of drug-likeness (QED) is 0.572. The number of nitrogens with two attached hydrogens (primary N) is 1. The van der Waals surface area contributed by atoms with E-state index in [-0.39, 0.29) is 17.6 Å². The van der Waals surface area contributed by atoms with Gasteiger partial charge in [-0.25, -0.2) is 0 Å². The van der Waals surface area contributed by atoms with E-state index in [4.69, 9.17) is 23.2 Å². The molecule has 6 nitrogen and oxygen atoms in total. The van der Waals surface area contributed by atoms with E-state index in [1.165, 1.54) is 6.07 Å². The van der Waals surface area contributed by atoms with Gasteiger partial charge in [0, 0.05) is 22.3 Å². The zero-order valence-electron chi connectivity index (χ0n) is 14.0. The molecule has 1 amide bonds. The second-order valence-corrected chi connectivity index (χ2v) is 6.69. The van der Waals surface area contributed by atoms with Gasteiger partial charge in [0.25, 0.3) is 5.91 Å². The van der Waals surface area contributed by atoms with E-state index in [2.05, 4.69) is 5.32 Å². The fourth-order valence-corrected chi connectivity index (χ4v) is 3.06. The normalized spacial score (nSPS) is 13.1. The Morgan fingerprint density at radius 3 is 2.54 bits per heavy atom. The number of nitro groups is 1. The number of carbonyl (C=O) groups excluding carboxylic acids is 1. The number of nitro benzene ring substituents is 1. The van der Waals surface area contributed by atoms with Crippen LogP contribution in [0, 0.1) is 15.9 Å². The van der Waals surface area contributed by atoms with Gasteiger partial charge in [-0.3, -0.25) is 14.9 Å². The summed E-state index contributed by atoms with van der Waals surface area (Å²) in [7, 11) is 0. The van der Waals surface area contributed by atoms with Gasteiger partial charge in [-0.2, -0.15) is 4.39 Å². The number of quaternary nitrogens is 1. The molecule has 0 heterocycles. The van der Waals surface area contributed by atoms with Crippen LogP contribution in [0.15, 0.2) is 36.4 Å². The molecule has 26 heavy (non-hydrogen) atoms. The molecular formula is C17H17Cl2FN3O3+. The van der Waals surface area contributed by atoms with Gasteiger partial charge in [0.2, 0.25) is 5.82 Å². The molecule has 2 rings (SSSR count). The van der Waals surface area contributed by atoms with E-state index in [1.54, 1.807) is 30.4 Å². The number of hydrogen-bond donors (Lipinski definition) is 2. The van der Waals surface area contributed by atoms with Crippen LogP contribution in [-0.2, 0) is 4.79 Å². The van der Waals surface area contributed by atoms with Crippen molar-refractivity contribution in [2.75, 3.05) is 5.32 Å². The smallest absolute Gasteiger partial charge is 0.306 e. The van der Waals surface area contributed by atoms with Gasteiger partial charge in [-0.1, -0.05) is 29.3 Å². The molecule has 2 aromatic carbocycles. The van der Waals surface area contributed by atoms with Gasteiger partial charge in [-0.05, 0) is 38.1 Å². The summed E-state index contributed by atoms with van der Waals surface area (Å²) in [5, 5.41) is 16.1. The van der Waals surface area contributed by atoms with Crippen molar-refractivity contribution >= 4 is 40.5 Å². The van der Waals surface area contributed by atoms with Crippen molar-refractivity contribution in [3.05, 3.63) is 67.9 Å². The number of carbonyl (C=O) groups is 1. The highest BCUT2D eigenvalue weighted by Crippen LogP contribution is 2.24. The second kappa shape index (κ2) is 8.44. The maximum atomic E-state index is 13.4. The number of nitrogens with zero attached hydrogens (tertiary/aromatic N) is 1. The first-order chi connectivity index (χ1) is 12.2. The van der Waals surface area contributed by atoms with Crippen LogP contribution in [0.1, 0.15) is 25.5 Å². The van der Waals surface area contributed by atoms with Crippen molar-refractivity contribution in [2.45, 2.75) is 25.9 Å². The molecular weight excluding hydrogens is 384 g/mol. The minimum Gasteiger partial charge on any atom is -0.330 e. The molecule has 0 aliphatic rings. The molecule has 0 fully saturated rings. The first kappa shape index (κ1) is 20.1. The Labute approximate surface area is 159 Å². The number of amides is 1. The van der Waals surface area contributed by atoms with Gasteiger partial charge in [-0.15, -0.1) is 0 Å². The van der Waals surface area contributed by atoms with Gasteiger partial charge < -0.3 is 10.6 Å². The summed E-state index contributed by atoms with van der Waals surface area (Å²) in [6, 6.07) is 7.70. The number of hydrogen-bond acceptors (Lipinski definition) is 3. The summed E-state index contributed by atoms with van der Waals surface area (Å²) in [6.45, 7) is 3.58. The summed E-state index contributed by atoms with van der Waals surface area (Å²) in [5.74, 6) is -1.33. The summed E-state index contributed by atoms with van der Waals surface area (Å²) in [6.07, 6.45) is 0. The lowest BCUT2D eigenvalue weighted by Crippen LogP contribution is -2.91. The summed E-state index contributed by atoms with van der Waals surface area (Å²) >= 11 is 12.1. The van der Waals surface area contributed by atoms with E-state index in [0.29, 0.717) is 10.0 Å². The van der Waals surface area contributed by atoms with Crippen LogP contribution in [-0.4, -0.2) is 16.9 Å². The van der Waals surface area contributed by atoms with Crippen LogP contribution in [0.3, 0.4) is 0 Å². The molecule has 0 aliphatic carbocycles. The zero-order valence-corrected chi connectivity index (χ0v) is 15.5. The standard InChI is InChI=1S/C17H16Cl2FN3O3/c1-9(13-5-3-11(18)7-14(13)19)21-10(2)17(24)22-12-4-6-15(20)16(8-12)23(25)26/h3-10,21H,1-2H3,(H,22,24)/p+1/t9-,10-/m1/s1. The third-order valence-electron chi connectivity index (χ3n) is 3.85. The molecule has 0 aromatic heterocycles. The zero-order chi connectivity index (χ0) is 19.4. The average molecular weight is 401 g/mol. The molecule has 2 atom stereocenters. The summed E-state index contributed by atoms with van der Waals surface area (Å²) in [4.78, 5) is 22.3. The molecule has 0 aliphatic heterocycles. The number of nitrogens with one attached hydrogen (secondary N) is 1. The Bertz CT molecular complexity index is 848. The Balaban J connectivity index is 2.05. The Morgan fingerprint density at radius 2 is 1.92 bits per heavy atom. The first-order valence-corrected chi connectivity index (χ1v) is 8.49. The minimum atomic E-state index is -0.960. The van der Waals surface area contributed by atoms with Crippen LogP contribution in [0.2, 0.25) is 10.0 Å². The fraction of sp³-hybridized carbons (Fsp3) is 0.235. The Kier molecular flexibility index (Phi) is 6.52. The largest absolute Gasteiger partial charge is 0.330 e. The molecule has 3 N–H and O–H groups in total. The number of rotatable bonds is 6. The molecule has 0 unspecified atom stereocenters. The molecule has 2 aromatic rings. The highest BCUT2D eigenvalue weighted by Gasteiger charge is 2.23. The maximum absolute atomic E-state index is 13.4.